The number of fused-ring (bicyclic) bond motifs is 4. The molecule has 0 aromatic heterocycles. The van der Waals surface area contributed by atoms with E-state index < -0.39 is 27.5 Å². The fraction of sp³-hybridized carbons (Fsp3) is 0.568. The van der Waals surface area contributed by atoms with Crippen LogP contribution in [0.2, 0.25) is 5.02 Å². The topological polar surface area (TPSA) is 119 Å². The van der Waals surface area contributed by atoms with Gasteiger partial charge in [0.2, 0.25) is 0 Å². The van der Waals surface area contributed by atoms with Gasteiger partial charge in [0.25, 0.3) is 5.91 Å². The summed E-state index contributed by atoms with van der Waals surface area (Å²) in [5.74, 6) is 0.562. The Labute approximate surface area is 294 Å². The van der Waals surface area contributed by atoms with Crippen LogP contribution in [0.4, 0.5) is 10.5 Å². The van der Waals surface area contributed by atoms with Gasteiger partial charge in [-0.05, 0) is 119 Å². The number of nitrogens with zero attached hydrogens (tertiary/aromatic N) is 2. The lowest BCUT2D eigenvalue weighted by atomic mass is 9.68. The highest BCUT2D eigenvalue weighted by Gasteiger charge is 2.45. The third-order valence-corrected chi connectivity index (χ3v) is 13.2. The number of benzene rings is 2. The van der Waals surface area contributed by atoms with E-state index in [4.69, 9.17) is 25.8 Å². The van der Waals surface area contributed by atoms with Gasteiger partial charge in [-0.15, -0.1) is 4.36 Å². The molecule has 2 heterocycles. The van der Waals surface area contributed by atoms with Gasteiger partial charge >= 0.3 is 6.03 Å². The standard InChI is InChI=1S/C37H47ClN4O6S/c1-36(2)34(43)40-49(45,41-35(44)39-27-8-4-9-27)28-13-16-33-31(20-28)42(21-25-11-14-29(25)32(46-3)10-6-18-48-36)22-37(23-47-33)17-5-7-24-19-26(38)12-15-30(24)37/h6,10,12-13,15-16,19-20,25,27,29,32H,4-5,7-9,11,14,17-18,21-23H2,1-3H3,(H2,39,40,41,43,44,45)/t25-,29+,32-,37-,49?/m0/s1. The van der Waals surface area contributed by atoms with Crippen LogP contribution in [0.15, 0.2) is 57.8 Å². The molecule has 2 aliphatic heterocycles. The molecule has 2 aromatic carbocycles. The van der Waals surface area contributed by atoms with E-state index >= 15 is 0 Å². The molecular formula is C37H47ClN4O6S. The number of rotatable bonds is 3. The Kier molecular flexibility index (Phi) is 9.49. The number of halogens is 1. The summed E-state index contributed by atoms with van der Waals surface area (Å²) >= 11 is 6.46. The number of aryl methyl sites for hydroxylation is 1. The highest BCUT2D eigenvalue weighted by atomic mass is 35.5. The number of amides is 3. The molecule has 1 spiro atoms. The SMILES string of the molecule is CO[C@H]1C=CCOC(C)(C)C(=O)N=S(=O)(NC(=O)NC2CCC2)c2ccc3c(c2)N(C[C@@H]2CC[C@H]21)C[C@@]1(CCCc2cc(Cl)ccc21)CO3. The minimum absolute atomic E-state index is 0.00295. The van der Waals surface area contributed by atoms with Crippen molar-refractivity contribution in [2.75, 3.05) is 38.3 Å². The maximum absolute atomic E-state index is 14.9. The van der Waals surface area contributed by atoms with Gasteiger partial charge in [0, 0.05) is 36.7 Å². The highest BCUT2D eigenvalue weighted by molar-refractivity contribution is 7.92. The zero-order chi connectivity index (χ0) is 34.4. The predicted octanol–water partition coefficient (Wildman–Crippen LogP) is 6.34. The van der Waals surface area contributed by atoms with Crippen molar-refractivity contribution in [3.63, 3.8) is 0 Å². The molecule has 2 bridgehead atoms. The minimum atomic E-state index is -3.79. The molecule has 2 saturated carbocycles. The molecule has 0 saturated heterocycles. The molecule has 10 nitrogen and oxygen atoms in total. The quantitative estimate of drug-likeness (QED) is 0.357. The Balaban J connectivity index is 1.35. The van der Waals surface area contributed by atoms with Crippen molar-refractivity contribution < 1.29 is 28.0 Å². The van der Waals surface area contributed by atoms with Crippen molar-refractivity contribution in [2.45, 2.75) is 93.3 Å². The number of carbonyl (C=O) groups is 2. The average molecular weight is 711 g/mol. The van der Waals surface area contributed by atoms with Crippen LogP contribution in [0.1, 0.15) is 69.9 Å². The first-order valence-corrected chi connectivity index (χ1v) is 19.4. The maximum Gasteiger partial charge on any atom is 0.327 e. The largest absolute Gasteiger partial charge is 0.490 e. The van der Waals surface area contributed by atoms with Crippen LogP contribution in [0.3, 0.4) is 0 Å². The Morgan fingerprint density at radius 3 is 2.69 bits per heavy atom. The molecule has 3 amide bonds. The minimum Gasteiger partial charge on any atom is -0.490 e. The van der Waals surface area contributed by atoms with E-state index in [0.717, 1.165) is 68.6 Å². The van der Waals surface area contributed by atoms with Crippen LogP contribution in [0.25, 0.3) is 0 Å². The van der Waals surface area contributed by atoms with Gasteiger partial charge in [0.1, 0.15) is 11.4 Å². The molecule has 7 rings (SSSR count). The summed E-state index contributed by atoms with van der Waals surface area (Å²) < 4.78 is 40.4. The molecule has 0 radical (unpaired) electrons. The molecule has 3 aliphatic carbocycles. The molecule has 2 N–H and O–H groups in total. The third kappa shape index (κ3) is 6.83. The van der Waals surface area contributed by atoms with E-state index in [2.05, 4.69) is 31.4 Å². The lowest BCUT2D eigenvalue weighted by molar-refractivity contribution is -0.137. The Bertz CT molecular complexity index is 1770. The average Bonchev–Trinajstić information content (AvgIpc) is 3.18. The number of hydrogen-bond acceptors (Lipinski definition) is 7. The number of ether oxygens (including phenoxy) is 3. The monoisotopic (exact) mass is 710 g/mol. The van der Waals surface area contributed by atoms with Crippen LogP contribution in [-0.4, -0.2) is 67.3 Å². The third-order valence-electron chi connectivity index (χ3n) is 11.2. The van der Waals surface area contributed by atoms with Crippen LogP contribution in [0.5, 0.6) is 5.75 Å². The summed E-state index contributed by atoms with van der Waals surface area (Å²) in [4.78, 5) is 29.5. The molecular weight excluding hydrogens is 664 g/mol. The molecule has 5 atom stereocenters. The smallest absolute Gasteiger partial charge is 0.327 e. The van der Waals surface area contributed by atoms with Gasteiger partial charge in [0.05, 0.1) is 29.9 Å². The van der Waals surface area contributed by atoms with Gasteiger partial charge in [-0.2, -0.15) is 0 Å². The highest BCUT2D eigenvalue weighted by Crippen LogP contribution is 2.47. The maximum atomic E-state index is 14.9. The lowest BCUT2D eigenvalue weighted by Gasteiger charge is -2.46. The Morgan fingerprint density at radius 2 is 1.96 bits per heavy atom. The molecule has 2 fully saturated rings. The van der Waals surface area contributed by atoms with Gasteiger partial charge < -0.3 is 24.4 Å². The van der Waals surface area contributed by atoms with E-state index in [0.29, 0.717) is 30.7 Å². The van der Waals surface area contributed by atoms with E-state index in [1.54, 1.807) is 39.2 Å². The number of nitrogens with one attached hydrogen (secondary N) is 2. The van der Waals surface area contributed by atoms with Gasteiger partial charge in [0.15, 0.2) is 9.92 Å². The Hall–Kier alpha value is -3.12. The second-order valence-electron chi connectivity index (χ2n) is 14.8. The summed E-state index contributed by atoms with van der Waals surface area (Å²) in [7, 11) is -2.05. The first-order chi connectivity index (χ1) is 23.5. The van der Waals surface area contributed by atoms with Crippen LogP contribution < -0.4 is 19.7 Å². The van der Waals surface area contributed by atoms with Crippen molar-refractivity contribution in [1.29, 1.82) is 0 Å². The van der Waals surface area contributed by atoms with Crippen LogP contribution in [-0.2, 0) is 36.0 Å². The van der Waals surface area contributed by atoms with E-state index in [9.17, 15) is 13.8 Å². The summed E-state index contributed by atoms with van der Waals surface area (Å²) in [6.45, 7) is 5.24. The zero-order valence-electron chi connectivity index (χ0n) is 28.5. The van der Waals surface area contributed by atoms with Crippen molar-refractivity contribution >= 4 is 39.1 Å². The molecule has 49 heavy (non-hydrogen) atoms. The van der Waals surface area contributed by atoms with Crippen LogP contribution >= 0.6 is 11.6 Å². The lowest BCUT2D eigenvalue weighted by Crippen LogP contribution is -2.49. The summed E-state index contributed by atoms with van der Waals surface area (Å²) in [5, 5.41) is 3.62. The van der Waals surface area contributed by atoms with Gasteiger partial charge in [-0.1, -0.05) is 29.8 Å². The summed E-state index contributed by atoms with van der Waals surface area (Å²) in [5.41, 5.74) is 1.59. The fourth-order valence-corrected chi connectivity index (χ4v) is 9.71. The number of carbonyl (C=O) groups excluding carboxylic acids is 2. The molecule has 264 valence electrons. The second kappa shape index (κ2) is 13.5. The molecule has 1 unspecified atom stereocenters. The van der Waals surface area contributed by atoms with Crippen molar-refractivity contribution in [1.82, 2.24) is 10.0 Å². The van der Waals surface area contributed by atoms with E-state index in [-0.39, 0.29) is 29.1 Å². The predicted molar refractivity (Wildman–Crippen MR) is 190 cm³/mol. The zero-order valence-corrected chi connectivity index (χ0v) is 30.1. The first-order valence-electron chi connectivity index (χ1n) is 17.5. The van der Waals surface area contributed by atoms with Crippen LogP contribution in [0, 0.1) is 11.8 Å². The normalized spacial score (nSPS) is 31.1. The van der Waals surface area contributed by atoms with E-state index in [1.165, 1.54) is 11.1 Å². The second-order valence-corrected chi connectivity index (χ2v) is 17.2. The summed E-state index contributed by atoms with van der Waals surface area (Å²) in [6.07, 6.45) is 11.6. The van der Waals surface area contributed by atoms with Crippen molar-refractivity contribution in [3.8, 4) is 5.75 Å². The van der Waals surface area contributed by atoms with Gasteiger partial charge in [-0.25, -0.2) is 13.7 Å². The number of hydrogen-bond donors (Lipinski definition) is 2. The van der Waals surface area contributed by atoms with Crippen molar-refractivity contribution in [3.05, 3.63) is 64.7 Å². The molecule has 2 aromatic rings. The molecule has 5 aliphatic rings. The number of anilines is 1. The van der Waals surface area contributed by atoms with Crippen molar-refractivity contribution in [2.24, 2.45) is 16.2 Å². The molecule has 12 heteroatoms. The summed E-state index contributed by atoms with van der Waals surface area (Å²) in [6, 6.07) is 10.8. The Morgan fingerprint density at radius 1 is 1.12 bits per heavy atom. The first kappa shape index (κ1) is 34.3. The van der Waals surface area contributed by atoms with Gasteiger partial charge in [-0.3, -0.25) is 4.79 Å². The number of methoxy groups -OCH3 is 1. The number of urea groups is 1. The fourth-order valence-electron chi connectivity index (χ4n) is 7.96. The van der Waals surface area contributed by atoms with E-state index in [1.807, 2.05) is 18.2 Å².